The fourth-order valence-electron chi connectivity index (χ4n) is 3.83. The molecule has 26 heavy (non-hydrogen) atoms. The van der Waals surface area contributed by atoms with Crippen LogP contribution in [-0.2, 0) is 14.2 Å². The van der Waals surface area contributed by atoms with Crippen LogP contribution in [0.1, 0.15) is 0 Å². The van der Waals surface area contributed by atoms with Crippen LogP contribution in [-0.4, -0.2) is 109 Å². The van der Waals surface area contributed by atoms with Gasteiger partial charge in [0, 0.05) is 5.92 Å². The zero-order valence-electron chi connectivity index (χ0n) is 13.6. The summed E-state index contributed by atoms with van der Waals surface area (Å²) in [6.45, 7) is -1.54. The topological polar surface area (TPSA) is 190 Å². The Labute approximate surface area is 148 Å². The first kappa shape index (κ1) is 19.9. The van der Waals surface area contributed by atoms with E-state index in [0.29, 0.717) is 0 Å². The molecule has 150 valence electrons. The van der Waals surface area contributed by atoms with E-state index < -0.39 is 79.9 Å². The van der Waals surface area contributed by atoms with E-state index in [2.05, 4.69) is 0 Å². The van der Waals surface area contributed by atoms with Gasteiger partial charge in [-0.15, -0.1) is 0 Å². The molecule has 3 aliphatic rings. The molecule has 11 unspecified atom stereocenters. The quantitative estimate of drug-likeness (QED) is 0.234. The number of aliphatic hydroxyl groups is 8. The zero-order chi connectivity index (χ0) is 19.2. The SMILES string of the molecule is OCC1OC(OC2OC=CC3C(O)C(O)C(O)(CO)C23)C(O)C(O)C1O. The van der Waals surface area contributed by atoms with Gasteiger partial charge < -0.3 is 55.1 Å². The highest BCUT2D eigenvalue weighted by Crippen LogP contribution is 2.47. The van der Waals surface area contributed by atoms with Gasteiger partial charge in [-0.1, -0.05) is 0 Å². The molecule has 1 saturated carbocycles. The van der Waals surface area contributed by atoms with E-state index in [-0.39, 0.29) is 0 Å². The summed E-state index contributed by atoms with van der Waals surface area (Å²) in [5.41, 5.74) is -2.15. The zero-order valence-corrected chi connectivity index (χ0v) is 13.6. The number of hydrogen-bond donors (Lipinski definition) is 8. The monoisotopic (exact) mass is 380 g/mol. The fraction of sp³-hybridized carbons (Fsp3) is 0.867. The van der Waals surface area contributed by atoms with Crippen molar-refractivity contribution in [3.8, 4) is 0 Å². The lowest BCUT2D eigenvalue weighted by Crippen LogP contribution is -2.61. The van der Waals surface area contributed by atoms with Crippen LogP contribution in [0.5, 0.6) is 0 Å². The van der Waals surface area contributed by atoms with Crippen molar-refractivity contribution in [2.75, 3.05) is 13.2 Å². The van der Waals surface area contributed by atoms with Gasteiger partial charge in [-0.2, -0.15) is 0 Å². The molecule has 2 aliphatic heterocycles. The van der Waals surface area contributed by atoms with E-state index in [4.69, 9.17) is 14.2 Å². The Morgan fingerprint density at radius 1 is 0.923 bits per heavy atom. The van der Waals surface area contributed by atoms with Crippen LogP contribution in [0, 0.1) is 11.8 Å². The summed E-state index contributed by atoms with van der Waals surface area (Å²) in [5, 5.41) is 79.2. The number of fused-ring (bicyclic) bond motifs is 1. The predicted octanol–water partition coefficient (Wildman–Crippen LogP) is -4.64. The van der Waals surface area contributed by atoms with Crippen LogP contribution in [0.4, 0.5) is 0 Å². The lowest BCUT2D eigenvalue weighted by molar-refractivity contribution is -0.348. The molecule has 0 aromatic carbocycles. The maximum Gasteiger partial charge on any atom is 0.208 e. The van der Waals surface area contributed by atoms with Gasteiger partial charge in [-0.3, -0.25) is 0 Å². The van der Waals surface area contributed by atoms with Gasteiger partial charge in [0.2, 0.25) is 6.29 Å². The average molecular weight is 380 g/mol. The van der Waals surface area contributed by atoms with Crippen molar-refractivity contribution in [1.29, 1.82) is 0 Å². The Morgan fingerprint density at radius 3 is 2.23 bits per heavy atom. The molecule has 1 saturated heterocycles. The predicted molar refractivity (Wildman–Crippen MR) is 79.9 cm³/mol. The molecule has 0 amide bonds. The van der Waals surface area contributed by atoms with Gasteiger partial charge in [0.05, 0.1) is 31.5 Å². The Kier molecular flexibility index (Phi) is 5.57. The van der Waals surface area contributed by atoms with Gasteiger partial charge in [0.15, 0.2) is 6.29 Å². The molecule has 0 aromatic rings. The van der Waals surface area contributed by atoms with Crippen LogP contribution < -0.4 is 0 Å². The number of rotatable bonds is 4. The van der Waals surface area contributed by atoms with E-state index in [9.17, 15) is 40.9 Å². The van der Waals surface area contributed by atoms with E-state index in [1.54, 1.807) is 0 Å². The normalized spacial score (nSPS) is 54.0. The molecule has 0 bridgehead atoms. The van der Waals surface area contributed by atoms with Crippen molar-refractivity contribution in [3.05, 3.63) is 12.3 Å². The Morgan fingerprint density at radius 2 is 1.62 bits per heavy atom. The molecule has 8 N–H and O–H groups in total. The second-order valence-corrected chi connectivity index (χ2v) is 6.85. The molecule has 11 heteroatoms. The van der Waals surface area contributed by atoms with Gasteiger partial charge in [0.1, 0.15) is 36.1 Å². The van der Waals surface area contributed by atoms with Gasteiger partial charge in [-0.05, 0) is 6.08 Å². The Balaban J connectivity index is 1.82. The molecule has 2 fully saturated rings. The summed E-state index contributed by atoms with van der Waals surface area (Å²) in [6, 6.07) is 0. The minimum atomic E-state index is -2.15. The molecule has 0 aromatic heterocycles. The van der Waals surface area contributed by atoms with Gasteiger partial charge >= 0.3 is 0 Å². The van der Waals surface area contributed by atoms with E-state index in [1.165, 1.54) is 12.3 Å². The van der Waals surface area contributed by atoms with Crippen LogP contribution >= 0.6 is 0 Å². The first-order chi connectivity index (χ1) is 12.3. The largest absolute Gasteiger partial charge is 0.472 e. The summed E-state index contributed by atoms with van der Waals surface area (Å²) in [7, 11) is 0. The molecule has 3 rings (SSSR count). The van der Waals surface area contributed by atoms with Gasteiger partial charge in [-0.25, -0.2) is 0 Å². The molecule has 2 heterocycles. The summed E-state index contributed by atoms with van der Waals surface area (Å²) < 4.78 is 16.0. The van der Waals surface area contributed by atoms with Crippen molar-refractivity contribution in [2.24, 2.45) is 11.8 Å². The molecule has 0 spiro atoms. The van der Waals surface area contributed by atoms with Gasteiger partial charge in [0.25, 0.3) is 0 Å². The molecule has 1 aliphatic carbocycles. The van der Waals surface area contributed by atoms with E-state index in [0.717, 1.165) is 0 Å². The first-order valence-corrected chi connectivity index (χ1v) is 8.23. The average Bonchev–Trinajstić information content (AvgIpc) is 2.85. The maximum atomic E-state index is 10.6. The Bertz CT molecular complexity index is 528. The lowest BCUT2D eigenvalue weighted by Gasteiger charge is -2.43. The van der Waals surface area contributed by atoms with E-state index >= 15 is 0 Å². The summed E-state index contributed by atoms with van der Waals surface area (Å²) in [4.78, 5) is 0. The minimum absolute atomic E-state index is 0.652. The minimum Gasteiger partial charge on any atom is -0.472 e. The van der Waals surface area contributed by atoms with Crippen LogP contribution in [0.25, 0.3) is 0 Å². The Hall–Kier alpha value is -0.860. The van der Waals surface area contributed by atoms with Crippen molar-refractivity contribution >= 4 is 0 Å². The van der Waals surface area contributed by atoms with Crippen molar-refractivity contribution in [1.82, 2.24) is 0 Å². The summed E-state index contributed by atoms with van der Waals surface area (Å²) in [6.07, 6.45) is -9.53. The highest BCUT2D eigenvalue weighted by atomic mass is 16.8. The third-order valence-corrected chi connectivity index (χ3v) is 5.40. The second-order valence-electron chi connectivity index (χ2n) is 6.85. The molecule has 11 nitrogen and oxygen atoms in total. The van der Waals surface area contributed by atoms with E-state index in [1.807, 2.05) is 0 Å². The third-order valence-electron chi connectivity index (χ3n) is 5.40. The third kappa shape index (κ3) is 2.94. The van der Waals surface area contributed by atoms with Crippen molar-refractivity contribution in [3.63, 3.8) is 0 Å². The smallest absolute Gasteiger partial charge is 0.208 e. The standard InChI is InChI=1S/C15H24O11/c16-3-6-9(19)10(20)11(21)14(25-6)26-13-7-5(1-2-24-13)8(18)12(22)15(7,23)4-17/h1-2,5-14,16-23H,3-4H2. The number of aliphatic hydroxyl groups excluding tert-OH is 7. The van der Waals surface area contributed by atoms with Crippen LogP contribution in [0.2, 0.25) is 0 Å². The molecule has 11 atom stereocenters. The summed E-state index contributed by atoms with van der Waals surface area (Å²) >= 11 is 0. The molecule has 0 radical (unpaired) electrons. The number of hydrogen-bond acceptors (Lipinski definition) is 11. The highest BCUT2D eigenvalue weighted by molar-refractivity contribution is 5.16. The van der Waals surface area contributed by atoms with Crippen LogP contribution in [0.15, 0.2) is 12.3 Å². The first-order valence-electron chi connectivity index (χ1n) is 8.23. The maximum absolute atomic E-state index is 10.6. The fourth-order valence-corrected chi connectivity index (χ4v) is 3.83. The van der Waals surface area contributed by atoms with Crippen LogP contribution in [0.3, 0.4) is 0 Å². The summed E-state index contributed by atoms with van der Waals surface area (Å²) in [5.74, 6) is -1.93. The molecular formula is C15H24O11. The lowest BCUT2D eigenvalue weighted by atomic mass is 9.83. The molecular weight excluding hydrogens is 356 g/mol. The number of ether oxygens (including phenoxy) is 3. The second kappa shape index (κ2) is 7.28. The highest BCUT2D eigenvalue weighted by Gasteiger charge is 2.63. The van der Waals surface area contributed by atoms with Crippen molar-refractivity contribution in [2.45, 2.75) is 54.8 Å². The van der Waals surface area contributed by atoms with Crippen molar-refractivity contribution < 1.29 is 55.1 Å².